The van der Waals surface area contributed by atoms with Gasteiger partial charge in [-0.2, -0.15) is 0 Å². The van der Waals surface area contributed by atoms with Crippen LogP contribution in [0, 0.1) is 23.7 Å². The Bertz CT molecular complexity index is 1570. The fraction of sp³-hybridized carbons (Fsp3) is 0.652. The molecule has 0 radical (unpaired) electrons. The van der Waals surface area contributed by atoms with Gasteiger partial charge in [0, 0.05) is 27.8 Å². The van der Waals surface area contributed by atoms with Crippen LogP contribution in [0.1, 0.15) is 104 Å². The van der Waals surface area contributed by atoms with E-state index >= 15 is 0 Å². The number of amides is 4. The van der Waals surface area contributed by atoms with E-state index in [-0.39, 0.29) is 53.8 Å². The smallest absolute Gasteiger partial charge is 0.245 e. The average molecular weight is 807 g/mol. The Hall–Kier alpha value is -3.84. The minimum absolute atomic E-state index is 0.0167. The molecule has 0 saturated carbocycles. The average Bonchev–Trinajstić information content (AvgIpc) is 3.68. The molecule has 12 nitrogen and oxygen atoms in total. The van der Waals surface area contributed by atoms with E-state index in [9.17, 15) is 19.2 Å². The second-order valence-electron chi connectivity index (χ2n) is 17.3. The molecule has 2 aromatic carbocycles. The number of methoxy groups -OCH3 is 2. The Labute approximate surface area is 348 Å². The van der Waals surface area contributed by atoms with E-state index in [1.165, 1.54) is 0 Å². The number of hydrogen-bond donors (Lipinski definition) is 3. The summed E-state index contributed by atoms with van der Waals surface area (Å²) in [5.74, 6) is -1.15. The molecular formula is C46H74N6O6. The first kappa shape index (κ1) is 48.5. The first-order valence-corrected chi connectivity index (χ1v) is 21.2. The van der Waals surface area contributed by atoms with E-state index in [2.05, 4.69) is 24.5 Å². The van der Waals surface area contributed by atoms with Gasteiger partial charge in [-0.05, 0) is 62.2 Å². The highest BCUT2D eigenvalue weighted by atomic mass is 16.5. The minimum atomic E-state index is -0.736. The van der Waals surface area contributed by atoms with Crippen molar-refractivity contribution in [2.45, 2.75) is 129 Å². The largest absolute Gasteiger partial charge is 0.379 e. The number of nitrogens with zero attached hydrogens (tertiary/aromatic N) is 3. The Balaban J connectivity index is 1.83. The van der Waals surface area contributed by atoms with Gasteiger partial charge in [0.1, 0.15) is 6.04 Å². The van der Waals surface area contributed by atoms with Crippen molar-refractivity contribution in [3.05, 3.63) is 71.8 Å². The molecule has 1 fully saturated rings. The number of rotatable bonds is 22. The molecule has 0 bridgehead atoms. The number of carbonyl (C=O) groups is 4. The van der Waals surface area contributed by atoms with E-state index in [0.717, 1.165) is 24.0 Å². The predicted octanol–water partition coefficient (Wildman–Crippen LogP) is 5.58. The van der Waals surface area contributed by atoms with E-state index in [4.69, 9.17) is 15.2 Å². The van der Waals surface area contributed by atoms with Crippen molar-refractivity contribution in [2.24, 2.45) is 29.4 Å². The van der Waals surface area contributed by atoms with Gasteiger partial charge in [-0.15, -0.1) is 0 Å². The van der Waals surface area contributed by atoms with E-state index in [0.29, 0.717) is 19.4 Å². The molecule has 2 aromatic rings. The second kappa shape index (κ2) is 23.1. The van der Waals surface area contributed by atoms with Crippen molar-refractivity contribution < 1.29 is 28.7 Å². The van der Waals surface area contributed by atoms with E-state index in [1.807, 2.05) is 119 Å². The number of hydrogen-bond acceptors (Lipinski definition) is 8. The van der Waals surface area contributed by atoms with Gasteiger partial charge in [-0.1, -0.05) is 116 Å². The summed E-state index contributed by atoms with van der Waals surface area (Å²) in [5, 5.41) is 6.31. The third-order valence-electron chi connectivity index (χ3n) is 12.0. The van der Waals surface area contributed by atoms with Crippen molar-refractivity contribution in [3.63, 3.8) is 0 Å². The van der Waals surface area contributed by atoms with Gasteiger partial charge in [0.05, 0.1) is 54.8 Å². The van der Waals surface area contributed by atoms with Crippen LogP contribution in [0.2, 0.25) is 0 Å². The summed E-state index contributed by atoms with van der Waals surface area (Å²) in [4.78, 5) is 61.9. The molecule has 4 amide bonds. The molecule has 3 rings (SSSR count). The third-order valence-corrected chi connectivity index (χ3v) is 12.0. The molecule has 7 unspecified atom stereocenters. The van der Waals surface area contributed by atoms with Crippen molar-refractivity contribution in [1.82, 2.24) is 25.3 Å². The quantitative estimate of drug-likeness (QED) is 0.140. The van der Waals surface area contributed by atoms with Crippen LogP contribution in [0.15, 0.2) is 60.7 Å². The number of carbonyl (C=O) groups excluding carboxylic acids is 4. The van der Waals surface area contributed by atoms with Crippen molar-refractivity contribution >= 4 is 23.6 Å². The van der Waals surface area contributed by atoms with Crippen molar-refractivity contribution in [3.8, 4) is 0 Å². The van der Waals surface area contributed by atoms with Crippen molar-refractivity contribution in [2.75, 3.05) is 41.9 Å². The lowest BCUT2D eigenvalue weighted by Gasteiger charge is -2.41. The van der Waals surface area contributed by atoms with Crippen molar-refractivity contribution in [1.29, 1.82) is 0 Å². The Morgan fingerprint density at radius 1 is 0.845 bits per heavy atom. The fourth-order valence-corrected chi connectivity index (χ4v) is 8.83. The molecule has 324 valence electrons. The number of nitrogens with two attached hydrogens (primary N) is 1. The summed E-state index contributed by atoms with van der Waals surface area (Å²) in [7, 11) is 8.67. The summed E-state index contributed by atoms with van der Waals surface area (Å²) < 4.78 is 12.2. The first-order valence-electron chi connectivity index (χ1n) is 21.2. The number of likely N-dealkylation sites (N-methyl/N-ethyl adjacent to an activating group) is 2. The van der Waals surface area contributed by atoms with Gasteiger partial charge in [-0.25, -0.2) is 0 Å². The first-order chi connectivity index (χ1) is 27.5. The summed E-state index contributed by atoms with van der Waals surface area (Å²) in [6, 6.07) is 16.5. The number of likely N-dealkylation sites (tertiary alicyclic amines) is 1. The molecule has 10 atom stereocenters. The van der Waals surface area contributed by atoms with Crippen LogP contribution in [0.25, 0.3) is 0 Å². The lowest BCUT2D eigenvalue weighted by molar-refractivity contribution is -0.147. The standard InChI is InChI=1S/C46H74N6O6/c1-13-31(6)42(51(10)46(56)35(27-29(2)3)48-45(55)41(30(4)5)50(8)9)37(57-11)28-38(53)52-26-20-25-36(52)43(58-12)32(7)44(54)49-40(34-23-18-15-19-24-34)39(47)33-21-16-14-17-22-33/h14-19,21-24,29-32,35-37,39-43H,13,20,25-28,47H2,1-12H3,(H,48,55)(H,49,54)/t31?,32?,35-,36-,37?,39?,40-,41?,42?,43?/m0/s1. The lowest BCUT2D eigenvalue weighted by atomic mass is 9.89. The molecule has 0 aliphatic carbocycles. The van der Waals surface area contributed by atoms with Crippen LogP contribution in [-0.2, 0) is 28.7 Å². The van der Waals surface area contributed by atoms with E-state index in [1.54, 1.807) is 26.2 Å². The zero-order chi connectivity index (χ0) is 43.3. The van der Waals surface area contributed by atoms with Gasteiger partial charge >= 0.3 is 0 Å². The minimum Gasteiger partial charge on any atom is -0.379 e. The topological polar surface area (TPSA) is 147 Å². The number of nitrogens with one attached hydrogen (secondary N) is 2. The molecule has 0 spiro atoms. The Morgan fingerprint density at radius 2 is 1.43 bits per heavy atom. The monoisotopic (exact) mass is 807 g/mol. The maximum absolute atomic E-state index is 14.4. The molecule has 0 aromatic heterocycles. The molecule has 1 aliphatic rings. The third kappa shape index (κ3) is 12.6. The van der Waals surface area contributed by atoms with Crippen LogP contribution >= 0.6 is 0 Å². The highest BCUT2D eigenvalue weighted by molar-refractivity contribution is 5.90. The van der Waals surface area contributed by atoms with E-state index < -0.39 is 48.3 Å². The fourth-order valence-electron chi connectivity index (χ4n) is 8.83. The summed E-state index contributed by atoms with van der Waals surface area (Å²) >= 11 is 0. The van der Waals surface area contributed by atoms with Crippen LogP contribution in [-0.4, -0.2) is 117 Å². The SMILES string of the molecule is CCC(C)C(C(CC(=O)N1CCC[C@H]1C(OC)C(C)C(=O)N[C@@H](c1ccccc1)C(N)c1ccccc1)OC)N(C)C(=O)[C@H](CC(C)C)NC(=O)C(C(C)C)N(C)C. The summed E-state index contributed by atoms with van der Waals surface area (Å²) in [6.45, 7) is 14.5. The molecule has 4 N–H and O–H groups in total. The predicted molar refractivity (Wildman–Crippen MR) is 231 cm³/mol. The van der Waals surface area contributed by atoms with Crippen LogP contribution in [0.3, 0.4) is 0 Å². The highest BCUT2D eigenvalue weighted by Crippen LogP contribution is 2.32. The summed E-state index contributed by atoms with van der Waals surface area (Å²) in [5.41, 5.74) is 8.60. The molecule has 1 aliphatic heterocycles. The van der Waals surface area contributed by atoms with Gasteiger partial charge < -0.3 is 35.6 Å². The zero-order valence-corrected chi connectivity index (χ0v) is 37.3. The molecular weight excluding hydrogens is 733 g/mol. The molecule has 58 heavy (non-hydrogen) atoms. The molecule has 1 heterocycles. The summed E-state index contributed by atoms with van der Waals surface area (Å²) in [6.07, 6.45) is 1.50. The van der Waals surface area contributed by atoms with Gasteiger partial charge in [-0.3, -0.25) is 24.1 Å². The van der Waals surface area contributed by atoms with Crippen LogP contribution < -0.4 is 16.4 Å². The van der Waals surface area contributed by atoms with Gasteiger partial charge in [0.2, 0.25) is 23.6 Å². The number of benzene rings is 2. The van der Waals surface area contributed by atoms with Gasteiger partial charge in [0.25, 0.3) is 0 Å². The zero-order valence-electron chi connectivity index (χ0n) is 37.3. The Morgan fingerprint density at radius 3 is 1.93 bits per heavy atom. The second-order valence-corrected chi connectivity index (χ2v) is 17.3. The van der Waals surface area contributed by atoms with Crippen LogP contribution in [0.5, 0.6) is 0 Å². The Kier molecular flexibility index (Phi) is 19.3. The maximum Gasteiger partial charge on any atom is 0.245 e. The highest BCUT2D eigenvalue weighted by Gasteiger charge is 2.43. The number of ether oxygens (including phenoxy) is 2. The molecule has 12 heteroatoms. The lowest BCUT2D eigenvalue weighted by Crippen LogP contribution is -2.58. The van der Waals surface area contributed by atoms with Gasteiger partial charge in [0.15, 0.2) is 0 Å². The normalized spacial score (nSPS) is 19.2. The molecule has 1 saturated heterocycles. The maximum atomic E-state index is 14.4. The van der Waals surface area contributed by atoms with Crippen LogP contribution in [0.4, 0.5) is 0 Å².